The van der Waals surface area contributed by atoms with Crippen LogP contribution in [0.15, 0.2) is 59.4 Å². The number of rotatable bonds is 5. The van der Waals surface area contributed by atoms with Gasteiger partial charge in [0.25, 0.3) is 5.56 Å². The molecule has 3 aromatic rings. The summed E-state index contributed by atoms with van der Waals surface area (Å²) in [7, 11) is 0. The number of nitrogens with zero attached hydrogens (tertiary/aromatic N) is 1. The monoisotopic (exact) mass is 396 g/mol. The smallest absolute Gasteiger partial charge is 0.258 e. The minimum Gasteiger partial charge on any atom is -0.378 e. The molecule has 1 aliphatic rings. The van der Waals surface area contributed by atoms with Crippen LogP contribution < -0.4 is 5.56 Å². The molecule has 0 fully saturated rings. The Morgan fingerprint density at radius 1 is 1.10 bits per heavy atom. The highest BCUT2D eigenvalue weighted by Gasteiger charge is 2.20. The SMILES string of the molecule is O=c1[nH]c(CCC(O)N2CC=C(c3ccccc3F)CC2)cc2cccc(F)c12. The van der Waals surface area contributed by atoms with E-state index in [1.165, 1.54) is 12.1 Å². The van der Waals surface area contributed by atoms with Crippen LogP contribution in [0.25, 0.3) is 16.3 Å². The number of hydrogen-bond donors (Lipinski definition) is 2. The molecule has 0 aliphatic carbocycles. The average molecular weight is 396 g/mol. The Kier molecular flexibility index (Phi) is 5.56. The van der Waals surface area contributed by atoms with Crippen LogP contribution in [0, 0.1) is 11.6 Å². The lowest BCUT2D eigenvalue weighted by Gasteiger charge is -2.31. The fourth-order valence-electron chi connectivity index (χ4n) is 3.86. The maximum atomic E-state index is 14.0. The van der Waals surface area contributed by atoms with Crippen LogP contribution >= 0.6 is 0 Å². The third-order valence-corrected chi connectivity index (χ3v) is 5.43. The second kappa shape index (κ2) is 8.27. The number of pyridine rings is 1. The normalized spacial score (nSPS) is 16.0. The standard InChI is InChI=1S/C23H22F2N2O2/c24-19-6-2-1-5-18(19)15-10-12-27(13-11-15)21(28)9-8-17-14-16-4-3-7-20(25)22(16)23(29)26-17/h1-7,10,14,21,28H,8-9,11-13H2,(H,26,29). The number of hydrogen-bond acceptors (Lipinski definition) is 3. The molecule has 29 heavy (non-hydrogen) atoms. The van der Waals surface area contributed by atoms with Gasteiger partial charge in [0.15, 0.2) is 0 Å². The fraction of sp³-hybridized carbons (Fsp3) is 0.261. The summed E-state index contributed by atoms with van der Waals surface area (Å²) >= 11 is 0. The highest BCUT2D eigenvalue weighted by molar-refractivity contribution is 5.82. The van der Waals surface area contributed by atoms with Gasteiger partial charge in [-0.15, -0.1) is 0 Å². The number of H-pyrrole nitrogens is 1. The summed E-state index contributed by atoms with van der Waals surface area (Å²) < 4.78 is 27.8. The Morgan fingerprint density at radius 2 is 1.90 bits per heavy atom. The van der Waals surface area contributed by atoms with Crippen molar-refractivity contribution in [2.75, 3.05) is 13.1 Å². The molecular formula is C23H22F2N2O2. The zero-order chi connectivity index (χ0) is 20.4. The molecule has 1 aromatic heterocycles. The van der Waals surface area contributed by atoms with E-state index in [1.807, 2.05) is 17.0 Å². The van der Waals surface area contributed by atoms with Crippen molar-refractivity contribution in [2.45, 2.75) is 25.5 Å². The molecule has 0 amide bonds. The number of aryl methyl sites for hydroxylation is 1. The number of aromatic amines is 1. The van der Waals surface area contributed by atoms with E-state index in [9.17, 15) is 18.7 Å². The van der Waals surface area contributed by atoms with Crippen LogP contribution in [-0.2, 0) is 6.42 Å². The van der Waals surface area contributed by atoms with E-state index in [0.29, 0.717) is 49.0 Å². The Balaban J connectivity index is 1.41. The number of halogens is 2. The lowest BCUT2D eigenvalue weighted by molar-refractivity contribution is 0.00491. The Hall–Kier alpha value is -2.83. The number of aromatic nitrogens is 1. The van der Waals surface area contributed by atoms with E-state index >= 15 is 0 Å². The lowest BCUT2D eigenvalue weighted by Crippen LogP contribution is -2.38. The first-order valence-electron chi connectivity index (χ1n) is 9.69. The van der Waals surface area contributed by atoms with Crippen LogP contribution in [0.3, 0.4) is 0 Å². The maximum absolute atomic E-state index is 14.0. The Bertz CT molecular complexity index is 1120. The summed E-state index contributed by atoms with van der Waals surface area (Å²) in [4.78, 5) is 16.8. The summed E-state index contributed by atoms with van der Waals surface area (Å²) in [5.74, 6) is -0.773. The molecule has 2 heterocycles. The predicted octanol–water partition coefficient (Wildman–Crippen LogP) is 3.85. The van der Waals surface area contributed by atoms with Crippen molar-refractivity contribution >= 4 is 16.3 Å². The molecular weight excluding hydrogens is 374 g/mol. The largest absolute Gasteiger partial charge is 0.378 e. The van der Waals surface area contributed by atoms with Crippen molar-refractivity contribution in [1.29, 1.82) is 0 Å². The fourth-order valence-corrected chi connectivity index (χ4v) is 3.86. The van der Waals surface area contributed by atoms with Crippen molar-refractivity contribution in [3.05, 3.63) is 87.9 Å². The highest BCUT2D eigenvalue weighted by atomic mass is 19.1. The van der Waals surface area contributed by atoms with Gasteiger partial charge in [-0.1, -0.05) is 36.4 Å². The minimum absolute atomic E-state index is 0.0543. The minimum atomic E-state index is -0.680. The number of fused-ring (bicyclic) bond motifs is 1. The number of aliphatic hydroxyl groups excluding tert-OH is 1. The topological polar surface area (TPSA) is 56.3 Å². The van der Waals surface area contributed by atoms with E-state index < -0.39 is 17.6 Å². The van der Waals surface area contributed by atoms with Gasteiger partial charge in [-0.05, 0) is 48.4 Å². The number of nitrogens with one attached hydrogen (secondary N) is 1. The molecule has 150 valence electrons. The first-order chi connectivity index (χ1) is 14.0. The zero-order valence-corrected chi connectivity index (χ0v) is 15.9. The van der Waals surface area contributed by atoms with Crippen molar-refractivity contribution in [3.63, 3.8) is 0 Å². The van der Waals surface area contributed by atoms with Crippen LogP contribution in [0.1, 0.15) is 24.1 Å². The highest BCUT2D eigenvalue weighted by Crippen LogP contribution is 2.25. The molecule has 2 aromatic carbocycles. The van der Waals surface area contributed by atoms with Gasteiger partial charge in [-0.25, -0.2) is 8.78 Å². The summed E-state index contributed by atoms with van der Waals surface area (Å²) in [5, 5.41) is 11.1. The molecule has 0 bridgehead atoms. The van der Waals surface area contributed by atoms with Crippen LogP contribution in [0.2, 0.25) is 0 Å². The molecule has 1 unspecified atom stereocenters. The first-order valence-corrected chi connectivity index (χ1v) is 9.69. The number of aliphatic hydroxyl groups is 1. The first kappa shape index (κ1) is 19.5. The van der Waals surface area contributed by atoms with Gasteiger partial charge >= 0.3 is 0 Å². The van der Waals surface area contributed by atoms with Crippen LogP contribution in [0.5, 0.6) is 0 Å². The second-order valence-corrected chi connectivity index (χ2v) is 7.30. The van der Waals surface area contributed by atoms with Crippen LogP contribution in [0.4, 0.5) is 8.78 Å². The maximum Gasteiger partial charge on any atom is 0.258 e. The quantitative estimate of drug-likeness (QED) is 0.689. The molecule has 6 heteroatoms. The molecule has 4 rings (SSSR count). The van der Waals surface area contributed by atoms with Crippen molar-refractivity contribution < 1.29 is 13.9 Å². The molecule has 1 atom stereocenters. The summed E-state index contributed by atoms with van der Waals surface area (Å²) in [6, 6.07) is 13.0. The van der Waals surface area contributed by atoms with Gasteiger partial charge in [0, 0.05) is 24.3 Å². The molecule has 4 nitrogen and oxygen atoms in total. The predicted molar refractivity (Wildman–Crippen MR) is 109 cm³/mol. The lowest BCUT2D eigenvalue weighted by atomic mass is 9.98. The van der Waals surface area contributed by atoms with Gasteiger partial charge in [0.05, 0.1) is 5.39 Å². The van der Waals surface area contributed by atoms with Crippen molar-refractivity contribution in [2.24, 2.45) is 0 Å². The molecule has 1 aliphatic heterocycles. The van der Waals surface area contributed by atoms with E-state index in [2.05, 4.69) is 4.98 Å². The van der Waals surface area contributed by atoms with E-state index in [4.69, 9.17) is 0 Å². The van der Waals surface area contributed by atoms with Gasteiger partial charge in [-0.2, -0.15) is 0 Å². The molecule has 0 radical (unpaired) electrons. The second-order valence-electron chi connectivity index (χ2n) is 7.30. The molecule has 2 N–H and O–H groups in total. The van der Waals surface area contributed by atoms with Gasteiger partial charge < -0.3 is 10.1 Å². The Morgan fingerprint density at radius 3 is 2.66 bits per heavy atom. The zero-order valence-electron chi connectivity index (χ0n) is 15.9. The van der Waals surface area contributed by atoms with Gasteiger partial charge in [0.2, 0.25) is 0 Å². The van der Waals surface area contributed by atoms with E-state index in [0.717, 1.165) is 5.57 Å². The summed E-state index contributed by atoms with van der Waals surface area (Å²) in [6.07, 6.45) is 2.82. The summed E-state index contributed by atoms with van der Waals surface area (Å²) in [5.41, 5.74) is 1.77. The molecule has 0 spiro atoms. The third kappa shape index (κ3) is 4.13. The van der Waals surface area contributed by atoms with Crippen molar-refractivity contribution in [1.82, 2.24) is 9.88 Å². The molecule has 0 saturated carbocycles. The molecule has 0 saturated heterocycles. The summed E-state index contributed by atoms with van der Waals surface area (Å²) in [6.45, 7) is 1.16. The number of benzene rings is 2. The Labute approximate surface area is 167 Å². The van der Waals surface area contributed by atoms with E-state index in [1.54, 1.807) is 30.3 Å². The van der Waals surface area contributed by atoms with Crippen molar-refractivity contribution in [3.8, 4) is 0 Å². The average Bonchev–Trinajstić information content (AvgIpc) is 2.72. The van der Waals surface area contributed by atoms with Gasteiger partial charge in [0.1, 0.15) is 17.9 Å². The van der Waals surface area contributed by atoms with Crippen LogP contribution in [-0.4, -0.2) is 34.3 Å². The third-order valence-electron chi connectivity index (χ3n) is 5.43. The van der Waals surface area contributed by atoms with Gasteiger partial charge in [-0.3, -0.25) is 9.69 Å². The van der Waals surface area contributed by atoms with E-state index in [-0.39, 0.29) is 11.2 Å².